The molecule has 0 aliphatic heterocycles. The van der Waals surface area contributed by atoms with Gasteiger partial charge >= 0.3 is 5.97 Å². The minimum Gasteiger partial charge on any atom is -0.478 e. The summed E-state index contributed by atoms with van der Waals surface area (Å²) in [6.07, 6.45) is 4.63. The number of methoxy groups -OCH3 is 1. The number of nitrogens with one attached hydrogen (secondary N) is 1. The van der Waals surface area contributed by atoms with Crippen molar-refractivity contribution in [1.82, 2.24) is 4.98 Å². The van der Waals surface area contributed by atoms with Crippen molar-refractivity contribution in [1.29, 1.82) is 0 Å². The highest BCUT2D eigenvalue weighted by Crippen LogP contribution is 2.11. The number of hydrogen-bond donors (Lipinski definition) is 2. The molecule has 0 amide bonds. The van der Waals surface area contributed by atoms with Gasteiger partial charge < -0.3 is 15.2 Å². The molecule has 2 N–H and O–H groups in total. The highest BCUT2D eigenvalue weighted by atomic mass is 16.5. The van der Waals surface area contributed by atoms with Crippen LogP contribution in [0.1, 0.15) is 29.6 Å². The van der Waals surface area contributed by atoms with E-state index in [1.54, 1.807) is 25.4 Å². The van der Waals surface area contributed by atoms with Crippen LogP contribution < -0.4 is 5.32 Å². The Morgan fingerprint density at radius 2 is 2.29 bits per heavy atom. The van der Waals surface area contributed by atoms with Crippen LogP contribution in [0.15, 0.2) is 18.3 Å². The molecule has 5 nitrogen and oxygen atoms in total. The number of hydrogen-bond acceptors (Lipinski definition) is 4. The fraction of sp³-hybridized carbons (Fsp3) is 0.500. The maximum atomic E-state index is 10.9. The molecule has 0 atom stereocenters. The summed E-state index contributed by atoms with van der Waals surface area (Å²) in [5, 5.41) is 12.0. The smallest absolute Gasteiger partial charge is 0.339 e. The van der Waals surface area contributed by atoms with E-state index in [1.807, 2.05) is 0 Å². The zero-order chi connectivity index (χ0) is 12.5. The Kier molecular flexibility index (Phi) is 6.03. The first-order valence-corrected chi connectivity index (χ1v) is 5.67. The molecule has 0 saturated heterocycles. The van der Waals surface area contributed by atoms with E-state index in [0.717, 1.165) is 32.4 Å². The number of anilines is 1. The average Bonchev–Trinajstić information content (AvgIpc) is 2.34. The molecule has 0 saturated carbocycles. The number of nitrogens with zero attached hydrogens (tertiary/aromatic N) is 1. The van der Waals surface area contributed by atoms with E-state index in [-0.39, 0.29) is 5.56 Å². The molecule has 0 spiro atoms. The van der Waals surface area contributed by atoms with Crippen molar-refractivity contribution in [2.24, 2.45) is 0 Å². The highest BCUT2D eigenvalue weighted by Gasteiger charge is 2.09. The Labute approximate surface area is 101 Å². The third-order valence-electron chi connectivity index (χ3n) is 2.36. The van der Waals surface area contributed by atoms with Crippen molar-refractivity contribution < 1.29 is 14.6 Å². The standard InChI is InChI=1S/C12H18N2O3/c1-17-9-4-2-3-7-13-11-10(12(15)16)6-5-8-14-11/h5-6,8H,2-4,7,9H2,1H3,(H,13,14)(H,15,16). The Hall–Kier alpha value is -1.62. The van der Waals surface area contributed by atoms with Crippen LogP contribution in [0.3, 0.4) is 0 Å². The zero-order valence-electron chi connectivity index (χ0n) is 9.98. The topological polar surface area (TPSA) is 71.5 Å². The number of carbonyl (C=O) groups is 1. The Morgan fingerprint density at radius 3 is 3.00 bits per heavy atom. The number of aromatic nitrogens is 1. The number of carboxylic acid groups (broad SMARTS) is 1. The summed E-state index contributed by atoms with van der Waals surface area (Å²) in [6, 6.07) is 3.16. The second-order valence-electron chi connectivity index (χ2n) is 3.68. The van der Waals surface area contributed by atoms with Gasteiger partial charge in [0, 0.05) is 26.5 Å². The molecule has 0 aliphatic rings. The lowest BCUT2D eigenvalue weighted by molar-refractivity contribution is 0.0697. The quantitative estimate of drug-likeness (QED) is 0.678. The van der Waals surface area contributed by atoms with Gasteiger partial charge in [0.1, 0.15) is 11.4 Å². The monoisotopic (exact) mass is 238 g/mol. The molecule has 1 heterocycles. The Morgan fingerprint density at radius 1 is 1.47 bits per heavy atom. The summed E-state index contributed by atoms with van der Waals surface area (Å²) in [5.74, 6) is -0.522. The van der Waals surface area contributed by atoms with Crippen LogP contribution in [-0.2, 0) is 4.74 Å². The Balaban J connectivity index is 2.34. The summed E-state index contributed by atoms with van der Waals surface area (Å²) >= 11 is 0. The second-order valence-corrected chi connectivity index (χ2v) is 3.68. The molecule has 5 heteroatoms. The lowest BCUT2D eigenvalue weighted by Crippen LogP contribution is -2.09. The minimum atomic E-state index is -0.958. The molecule has 1 aromatic heterocycles. The average molecular weight is 238 g/mol. The largest absolute Gasteiger partial charge is 0.478 e. The molecule has 0 radical (unpaired) electrons. The van der Waals surface area contributed by atoms with Gasteiger partial charge in [0.25, 0.3) is 0 Å². The number of carboxylic acids is 1. The number of unbranched alkanes of at least 4 members (excludes halogenated alkanes) is 2. The van der Waals surface area contributed by atoms with Gasteiger partial charge in [-0.2, -0.15) is 0 Å². The van der Waals surface area contributed by atoms with E-state index in [2.05, 4.69) is 10.3 Å². The minimum absolute atomic E-state index is 0.212. The summed E-state index contributed by atoms with van der Waals surface area (Å²) in [7, 11) is 1.69. The molecule has 94 valence electrons. The van der Waals surface area contributed by atoms with Crippen LogP contribution >= 0.6 is 0 Å². The predicted molar refractivity (Wildman–Crippen MR) is 65.4 cm³/mol. The van der Waals surface area contributed by atoms with Gasteiger partial charge in [0.15, 0.2) is 0 Å². The summed E-state index contributed by atoms with van der Waals surface area (Å²) < 4.78 is 4.95. The third-order valence-corrected chi connectivity index (χ3v) is 2.36. The van der Waals surface area contributed by atoms with Gasteiger partial charge in [-0.1, -0.05) is 0 Å². The predicted octanol–water partition coefficient (Wildman–Crippen LogP) is 2.01. The van der Waals surface area contributed by atoms with Crippen LogP contribution in [0, 0.1) is 0 Å². The summed E-state index contributed by atoms with van der Waals surface area (Å²) in [6.45, 7) is 1.49. The van der Waals surface area contributed by atoms with E-state index in [4.69, 9.17) is 9.84 Å². The Bertz CT molecular complexity index is 355. The van der Waals surface area contributed by atoms with E-state index in [9.17, 15) is 4.79 Å². The third kappa shape index (κ3) is 4.82. The van der Waals surface area contributed by atoms with Crippen LogP contribution in [0.2, 0.25) is 0 Å². The van der Waals surface area contributed by atoms with Crippen LogP contribution in [0.25, 0.3) is 0 Å². The molecule has 17 heavy (non-hydrogen) atoms. The van der Waals surface area contributed by atoms with Gasteiger partial charge in [-0.3, -0.25) is 0 Å². The molecule has 0 unspecified atom stereocenters. The van der Waals surface area contributed by atoms with Gasteiger partial charge in [-0.05, 0) is 31.4 Å². The SMILES string of the molecule is COCCCCCNc1ncccc1C(=O)O. The summed E-state index contributed by atoms with van der Waals surface area (Å²) in [4.78, 5) is 14.9. The number of ether oxygens (including phenoxy) is 1. The first kappa shape index (κ1) is 13.4. The second kappa shape index (κ2) is 7.62. The fourth-order valence-electron chi connectivity index (χ4n) is 1.47. The molecular weight excluding hydrogens is 220 g/mol. The first-order chi connectivity index (χ1) is 8.25. The van der Waals surface area contributed by atoms with Crippen molar-refractivity contribution in [3.63, 3.8) is 0 Å². The molecule has 0 fully saturated rings. The fourth-order valence-corrected chi connectivity index (χ4v) is 1.47. The lowest BCUT2D eigenvalue weighted by Gasteiger charge is -2.07. The van der Waals surface area contributed by atoms with E-state index >= 15 is 0 Å². The number of aromatic carboxylic acids is 1. The number of rotatable bonds is 8. The zero-order valence-corrected chi connectivity index (χ0v) is 9.98. The van der Waals surface area contributed by atoms with Gasteiger partial charge in [-0.25, -0.2) is 9.78 Å². The van der Waals surface area contributed by atoms with Gasteiger partial charge in [-0.15, -0.1) is 0 Å². The normalized spacial score (nSPS) is 10.2. The molecule has 0 aromatic carbocycles. The van der Waals surface area contributed by atoms with Crippen molar-refractivity contribution in [2.75, 3.05) is 25.6 Å². The maximum absolute atomic E-state index is 10.9. The molecule has 0 aliphatic carbocycles. The molecule has 0 bridgehead atoms. The number of pyridine rings is 1. The molecule has 1 aromatic rings. The van der Waals surface area contributed by atoms with Gasteiger partial charge in [0.05, 0.1) is 0 Å². The van der Waals surface area contributed by atoms with Gasteiger partial charge in [0.2, 0.25) is 0 Å². The molecular formula is C12H18N2O3. The summed E-state index contributed by atoms with van der Waals surface area (Å²) in [5.41, 5.74) is 0.212. The highest BCUT2D eigenvalue weighted by molar-refractivity contribution is 5.92. The maximum Gasteiger partial charge on any atom is 0.339 e. The first-order valence-electron chi connectivity index (χ1n) is 5.67. The molecule has 1 rings (SSSR count). The lowest BCUT2D eigenvalue weighted by atomic mass is 10.2. The van der Waals surface area contributed by atoms with Crippen molar-refractivity contribution in [3.05, 3.63) is 23.9 Å². The van der Waals surface area contributed by atoms with E-state index < -0.39 is 5.97 Å². The van der Waals surface area contributed by atoms with Crippen molar-refractivity contribution in [3.8, 4) is 0 Å². The van der Waals surface area contributed by atoms with Crippen LogP contribution in [-0.4, -0.2) is 36.3 Å². The van der Waals surface area contributed by atoms with E-state index in [1.165, 1.54) is 0 Å². The van der Waals surface area contributed by atoms with Crippen molar-refractivity contribution in [2.45, 2.75) is 19.3 Å². The van der Waals surface area contributed by atoms with Crippen LogP contribution in [0.5, 0.6) is 0 Å². The van der Waals surface area contributed by atoms with Crippen molar-refractivity contribution >= 4 is 11.8 Å². The van der Waals surface area contributed by atoms with Crippen LogP contribution in [0.4, 0.5) is 5.82 Å². The van der Waals surface area contributed by atoms with E-state index in [0.29, 0.717) is 5.82 Å².